The van der Waals surface area contributed by atoms with Gasteiger partial charge >= 0.3 is 0 Å². The van der Waals surface area contributed by atoms with E-state index in [0.29, 0.717) is 6.42 Å². The van der Waals surface area contributed by atoms with E-state index in [1.165, 1.54) is 19.3 Å². The molecule has 0 unspecified atom stereocenters. The molecule has 1 rings (SSSR count). The summed E-state index contributed by atoms with van der Waals surface area (Å²) in [5.74, 6) is 10.6. The molecule has 0 aliphatic heterocycles. The standard InChI is InChI=1S/C21H28O3/c1-2-3-4-5-10-16-20(23)21(24)17-12-7-11-15-19(22)18-13-8-6-9-14-18/h6,8-9,13-14,19-24H,2-5,10,16-17H2,1H3/t19-,20+,21+/m0/s1. The van der Waals surface area contributed by atoms with Crippen LogP contribution in [0.4, 0.5) is 0 Å². The highest BCUT2D eigenvalue weighted by Gasteiger charge is 2.14. The van der Waals surface area contributed by atoms with Crippen LogP contribution in [0.1, 0.15) is 63.5 Å². The predicted molar refractivity (Wildman–Crippen MR) is 97.0 cm³/mol. The molecule has 0 saturated heterocycles. The van der Waals surface area contributed by atoms with Crippen molar-refractivity contribution in [3.8, 4) is 23.7 Å². The minimum absolute atomic E-state index is 0.187. The highest BCUT2D eigenvalue weighted by Crippen LogP contribution is 2.11. The molecule has 1 aromatic rings. The minimum atomic E-state index is -0.862. The second-order valence-corrected chi connectivity index (χ2v) is 5.93. The lowest BCUT2D eigenvalue weighted by Gasteiger charge is -2.15. The van der Waals surface area contributed by atoms with Crippen molar-refractivity contribution in [3.05, 3.63) is 35.9 Å². The average Bonchev–Trinajstić information content (AvgIpc) is 2.61. The molecule has 0 aliphatic rings. The Hall–Kier alpha value is -1.78. The van der Waals surface area contributed by atoms with Crippen LogP contribution in [0, 0.1) is 23.7 Å². The monoisotopic (exact) mass is 328 g/mol. The average molecular weight is 328 g/mol. The molecule has 0 saturated carbocycles. The number of hydrogen-bond donors (Lipinski definition) is 3. The van der Waals surface area contributed by atoms with Crippen LogP contribution in [-0.2, 0) is 0 Å². The zero-order valence-electron chi connectivity index (χ0n) is 14.4. The van der Waals surface area contributed by atoms with Gasteiger partial charge in [-0.3, -0.25) is 0 Å². The van der Waals surface area contributed by atoms with Gasteiger partial charge in [-0.1, -0.05) is 81.2 Å². The third-order valence-electron chi connectivity index (χ3n) is 3.83. The lowest BCUT2D eigenvalue weighted by Crippen LogP contribution is -2.25. The molecule has 0 radical (unpaired) electrons. The van der Waals surface area contributed by atoms with Crippen molar-refractivity contribution in [1.29, 1.82) is 0 Å². The van der Waals surface area contributed by atoms with E-state index in [2.05, 4.69) is 30.6 Å². The van der Waals surface area contributed by atoms with E-state index >= 15 is 0 Å². The summed E-state index contributed by atoms with van der Waals surface area (Å²) >= 11 is 0. The van der Waals surface area contributed by atoms with Crippen molar-refractivity contribution in [1.82, 2.24) is 0 Å². The van der Waals surface area contributed by atoms with Crippen LogP contribution in [-0.4, -0.2) is 27.5 Å². The van der Waals surface area contributed by atoms with Gasteiger partial charge in [0.2, 0.25) is 0 Å². The normalized spacial score (nSPS) is 13.8. The summed E-state index contributed by atoms with van der Waals surface area (Å²) in [6, 6.07) is 9.15. The quantitative estimate of drug-likeness (QED) is 0.482. The number of aliphatic hydroxyl groups excluding tert-OH is 3. The highest BCUT2D eigenvalue weighted by molar-refractivity contribution is 5.32. The molecule has 3 nitrogen and oxygen atoms in total. The molecule has 0 fully saturated rings. The SMILES string of the molecule is CCCCCCC[C@@H](O)[C@H](O)CC#CC#C[C@H](O)c1ccccc1. The molecule has 130 valence electrons. The number of aliphatic hydroxyl groups is 3. The van der Waals surface area contributed by atoms with Crippen molar-refractivity contribution in [2.24, 2.45) is 0 Å². The van der Waals surface area contributed by atoms with Crippen molar-refractivity contribution in [2.75, 3.05) is 0 Å². The molecular weight excluding hydrogens is 300 g/mol. The Balaban J connectivity index is 2.28. The Kier molecular flexibility index (Phi) is 10.7. The molecule has 0 bridgehead atoms. The third kappa shape index (κ3) is 8.75. The Morgan fingerprint density at radius 2 is 1.58 bits per heavy atom. The fourth-order valence-electron chi connectivity index (χ4n) is 2.31. The molecule has 0 aliphatic carbocycles. The van der Waals surface area contributed by atoms with Gasteiger partial charge < -0.3 is 15.3 Å². The van der Waals surface area contributed by atoms with E-state index in [1.54, 1.807) is 12.1 Å². The molecule has 3 N–H and O–H groups in total. The van der Waals surface area contributed by atoms with E-state index in [0.717, 1.165) is 18.4 Å². The van der Waals surface area contributed by atoms with Crippen molar-refractivity contribution >= 4 is 0 Å². The summed E-state index contributed by atoms with van der Waals surface area (Å²) in [6.07, 6.45) is 3.96. The minimum Gasteiger partial charge on any atom is -0.390 e. The van der Waals surface area contributed by atoms with Gasteiger partial charge in [0, 0.05) is 6.42 Å². The van der Waals surface area contributed by atoms with E-state index in [4.69, 9.17) is 0 Å². The van der Waals surface area contributed by atoms with E-state index < -0.39 is 18.3 Å². The number of rotatable bonds is 9. The first-order chi connectivity index (χ1) is 11.6. The Bertz CT molecular complexity index is 559. The van der Waals surface area contributed by atoms with Crippen molar-refractivity contribution in [3.63, 3.8) is 0 Å². The summed E-state index contributed by atoms with van der Waals surface area (Å²) in [5, 5.41) is 29.6. The summed E-state index contributed by atoms with van der Waals surface area (Å²) in [6.45, 7) is 2.17. The molecule has 1 aromatic carbocycles. The molecule has 24 heavy (non-hydrogen) atoms. The lowest BCUT2D eigenvalue weighted by atomic mass is 10.0. The number of hydrogen-bond acceptors (Lipinski definition) is 3. The summed E-state index contributed by atoms with van der Waals surface area (Å²) in [7, 11) is 0. The third-order valence-corrected chi connectivity index (χ3v) is 3.83. The van der Waals surface area contributed by atoms with Crippen LogP contribution in [0.15, 0.2) is 30.3 Å². The van der Waals surface area contributed by atoms with Gasteiger partial charge in [0.15, 0.2) is 0 Å². The first-order valence-electron chi connectivity index (χ1n) is 8.72. The van der Waals surface area contributed by atoms with Gasteiger partial charge in [-0.2, -0.15) is 0 Å². The summed E-state index contributed by atoms with van der Waals surface area (Å²) in [5.41, 5.74) is 0.727. The predicted octanol–water partition coefficient (Wildman–Crippen LogP) is 3.20. The molecular formula is C21H28O3. The Morgan fingerprint density at radius 1 is 0.875 bits per heavy atom. The zero-order valence-corrected chi connectivity index (χ0v) is 14.4. The second-order valence-electron chi connectivity index (χ2n) is 5.93. The van der Waals surface area contributed by atoms with Crippen LogP contribution >= 0.6 is 0 Å². The van der Waals surface area contributed by atoms with Crippen LogP contribution < -0.4 is 0 Å². The van der Waals surface area contributed by atoms with Crippen LogP contribution in [0.2, 0.25) is 0 Å². The summed E-state index contributed by atoms with van der Waals surface area (Å²) in [4.78, 5) is 0. The molecule has 0 amide bonds. The van der Waals surface area contributed by atoms with Gasteiger partial charge in [-0.05, 0) is 23.8 Å². The van der Waals surface area contributed by atoms with Gasteiger partial charge in [0.1, 0.15) is 6.10 Å². The topological polar surface area (TPSA) is 60.7 Å². The zero-order chi connectivity index (χ0) is 17.6. The molecule has 3 atom stereocenters. The fraction of sp³-hybridized carbons (Fsp3) is 0.524. The van der Waals surface area contributed by atoms with Crippen LogP contribution in [0.3, 0.4) is 0 Å². The number of benzene rings is 1. The smallest absolute Gasteiger partial charge is 0.141 e. The van der Waals surface area contributed by atoms with E-state index in [9.17, 15) is 15.3 Å². The molecule has 0 aromatic heterocycles. The van der Waals surface area contributed by atoms with Gasteiger partial charge in [-0.25, -0.2) is 0 Å². The van der Waals surface area contributed by atoms with Crippen molar-refractivity contribution < 1.29 is 15.3 Å². The summed E-state index contributed by atoms with van der Waals surface area (Å²) < 4.78 is 0. The lowest BCUT2D eigenvalue weighted by molar-refractivity contribution is 0.0165. The highest BCUT2D eigenvalue weighted by atomic mass is 16.3. The Morgan fingerprint density at radius 3 is 2.29 bits per heavy atom. The molecule has 3 heteroatoms. The molecule has 0 spiro atoms. The van der Waals surface area contributed by atoms with Gasteiger partial charge in [0.25, 0.3) is 0 Å². The Labute approximate surface area is 145 Å². The maximum Gasteiger partial charge on any atom is 0.141 e. The van der Waals surface area contributed by atoms with Crippen LogP contribution in [0.5, 0.6) is 0 Å². The maximum atomic E-state index is 9.87. The molecule has 0 heterocycles. The van der Waals surface area contributed by atoms with E-state index in [1.807, 2.05) is 18.2 Å². The maximum absolute atomic E-state index is 9.87. The first kappa shape index (κ1) is 20.3. The first-order valence-corrected chi connectivity index (χ1v) is 8.72. The second kappa shape index (κ2) is 12.6. The van der Waals surface area contributed by atoms with Crippen LogP contribution in [0.25, 0.3) is 0 Å². The van der Waals surface area contributed by atoms with E-state index in [-0.39, 0.29) is 6.42 Å². The largest absolute Gasteiger partial charge is 0.390 e. The van der Waals surface area contributed by atoms with Crippen molar-refractivity contribution in [2.45, 2.75) is 70.2 Å². The van der Waals surface area contributed by atoms with Gasteiger partial charge in [-0.15, -0.1) is 0 Å². The number of unbranched alkanes of at least 4 members (excludes halogenated alkanes) is 4. The van der Waals surface area contributed by atoms with Gasteiger partial charge in [0.05, 0.1) is 12.2 Å². The fourth-order valence-corrected chi connectivity index (χ4v) is 2.31.